The number of furan rings is 1. The Bertz CT molecular complexity index is 937. The first-order valence-corrected chi connectivity index (χ1v) is 9.49. The van der Waals surface area contributed by atoms with Gasteiger partial charge in [0.05, 0.1) is 6.26 Å². The van der Waals surface area contributed by atoms with Crippen molar-refractivity contribution in [3.05, 3.63) is 89.4 Å². The largest absolute Gasteiger partial charge is 0.467 e. The molecule has 0 fully saturated rings. The van der Waals surface area contributed by atoms with E-state index in [4.69, 9.17) is 9.15 Å². The van der Waals surface area contributed by atoms with Gasteiger partial charge in [-0.15, -0.1) is 0 Å². The summed E-state index contributed by atoms with van der Waals surface area (Å²) < 4.78 is 10.7. The zero-order chi connectivity index (χ0) is 20.5. The average Bonchev–Trinajstić information content (AvgIpc) is 3.26. The summed E-state index contributed by atoms with van der Waals surface area (Å²) in [6.07, 6.45) is 2.30. The van der Waals surface area contributed by atoms with Crippen LogP contribution in [0.25, 0.3) is 0 Å². The number of hydrogen-bond acceptors (Lipinski definition) is 4. The lowest BCUT2D eigenvalue weighted by Gasteiger charge is -2.11. The maximum atomic E-state index is 12.4. The lowest BCUT2D eigenvalue weighted by Crippen LogP contribution is -2.25. The van der Waals surface area contributed by atoms with Gasteiger partial charge in [0, 0.05) is 30.0 Å². The molecule has 0 saturated carbocycles. The highest BCUT2D eigenvalue weighted by Crippen LogP contribution is 2.18. The summed E-state index contributed by atoms with van der Waals surface area (Å²) in [4.78, 5) is 24.8. The van der Waals surface area contributed by atoms with Gasteiger partial charge in [0.1, 0.15) is 12.4 Å². The molecule has 0 spiro atoms. The van der Waals surface area contributed by atoms with E-state index < -0.39 is 0 Å². The van der Waals surface area contributed by atoms with E-state index in [0.29, 0.717) is 43.0 Å². The van der Waals surface area contributed by atoms with Crippen molar-refractivity contribution in [3.63, 3.8) is 0 Å². The second kappa shape index (κ2) is 10.2. The fraction of sp³-hybridized carbons (Fsp3) is 0.217. The standard InChI is InChI=1S/C23H24N2O4/c1-17-10-11-19(15-21(17)25-23(27)18-7-3-2-4-8-18)22(26)24-12-6-13-28-16-20-9-5-14-29-20/h2-5,7-11,14-15H,6,12-13,16H2,1H3,(H,24,26)(H,25,27). The Labute approximate surface area is 169 Å². The lowest BCUT2D eigenvalue weighted by atomic mass is 10.1. The van der Waals surface area contributed by atoms with Crippen LogP contribution < -0.4 is 10.6 Å². The molecule has 3 rings (SSSR count). The molecular formula is C23H24N2O4. The number of hydrogen-bond donors (Lipinski definition) is 2. The zero-order valence-corrected chi connectivity index (χ0v) is 16.3. The molecule has 0 aliphatic carbocycles. The quantitative estimate of drug-likeness (QED) is 0.536. The number of rotatable bonds is 9. The average molecular weight is 392 g/mol. The molecular weight excluding hydrogens is 368 g/mol. The second-order valence-electron chi connectivity index (χ2n) is 6.59. The Morgan fingerprint density at radius 2 is 1.79 bits per heavy atom. The van der Waals surface area contributed by atoms with Crippen molar-refractivity contribution < 1.29 is 18.7 Å². The number of carbonyl (C=O) groups is 2. The Kier molecular flexibility index (Phi) is 7.19. The third-order valence-electron chi connectivity index (χ3n) is 4.36. The Balaban J connectivity index is 1.47. The van der Waals surface area contributed by atoms with Gasteiger partial charge in [0.2, 0.25) is 0 Å². The molecule has 0 aliphatic heterocycles. The number of nitrogens with one attached hydrogen (secondary N) is 2. The fourth-order valence-corrected chi connectivity index (χ4v) is 2.73. The van der Waals surface area contributed by atoms with Gasteiger partial charge in [-0.2, -0.15) is 0 Å². The topological polar surface area (TPSA) is 80.6 Å². The summed E-state index contributed by atoms with van der Waals surface area (Å²) in [5.74, 6) is 0.380. The van der Waals surface area contributed by atoms with Gasteiger partial charge in [-0.3, -0.25) is 9.59 Å². The summed E-state index contributed by atoms with van der Waals surface area (Å²) in [5, 5.41) is 5.74. The number of benzene rings is 2. The van der Waals surface area contributed by atoms with Gasteiger partial charge < -0.3 is 19.8 Å². The van der Waals surface area contributed by atoms with E-state index in [1.807, 2.05) is 43.3 Å². The number of carbonyl (C=O) groups excluding carboxylic acids is 2. The van der Waals surface area contributed by atoms with Crippen LogP contribution in [0.2, 0.25) is 0 Å². The molecule has 1 aromatic heterocycles. The lowest BCUT2D eigenvalue weighted by molar-refractivity contribution is 0.0916. The van der Waals surface area contributed by atoms with Crippen LogP contribution in [0, 0.1) is 6.92 Å². The molecule has 0 unspecified atom stereocenters. The monoisotopic (exact) mass is 392 g/mol. The van der Waals surface area contributed by atoms with Crippen molar-refractivity contribution >= 4 is 17.5 Å². The second-order valence-corrected chi connectivity index (χ2v) is 6.59. The summed E-state index contributed by atoms with van der Waals surface area (Å²) in [6, 6.07) is 17.9. The normalized spacial score (nSPS) is 10.5. The van der Waals surface area contributed by atoms with E-state index in [1.54, 1.807) is 30.5 Å². The van der Waals surface area contributed by atoms with Crippen LogP contribution in [0.1, 0.15) is 38.5 Å². The fourth-order valence-electron chi connectivity index (χ4n) is 2.73. The highest BCUT2D eigenvalue weighted by molar-refractivity contribution is 6.05. The van der Waals surface area contributed by atoms with Gasteiger partial charge in [-0.05, 0) is 55.3 Å². The van der Waals surface area contributed by atoms with Gasteiger partial charge in [0.25, 0.3) is 11.8 Å². The van der Waals surface area contributed by atoms with E-state index in [2.05, 4.69) is 10.6 Å². The van der Waals surface area contributed by atoms with Crippen molar-refractivity contribution in [2.45, 2.75) is 20.0 Å². The van der Waals surface area contributed by atoms with Crippen molar-refractivity contribution in [2.24, 2.45) is 0 Å². The first-order valence-electron chi connectivity index (χ1n) is 9.49. The number of aryl methyl sites for hydroxylation is 1. The third kappa shape index (κ3) is 6.05. The maximum absolute atomic E-state index is 12.4. The van der Waals surface area contributed by atoms with Crippen molar-refractivity contribution in [3.8, 4) is 0 Å². The molecule has 2 N–H and O–H groups in total. The van der Waals surface area contributed by atoms with Crippen LogP contribution >= 0.6 is 0 Å². The Morgan fingerprint density at radius 3 is 2.55 bits per heavy atom. The summed E-state index contributed by atoms with van der Waals surface area (Å²) in [7, 11) is 0. The molecule has 150 valence electrons. The molecule has 2 aromatic carbocycles. The van der Waals surface area contributed by atoms with E-state index in [0.717, 1.165) is 11.3 Å². The minimum Gasteiger partial charge on any atom is -0.467 e. The van der Waals surface area contributed by atoms with E-state index in [9.17, 15) is 9.59 Å². The summed E-state index contributed by atoms with van der Waals surface area (Å²) in [5.41, 5.74) is 2.57. The highest BCUT2D eigenvalue weighted by atomic mass is 16.5. The minimum atomic E-state index is -0.208. The zero-order valence-electron chi connectivity index (χ0n) is 16.3. The molecule has 0 radical (unpaired) electrons. The number of amides is 2. The van der Waals surface area contributed by atoms with Gasteiger partial charge in [-0.25, -0.2) is 0 Å². The van der Waals surface area contributed by atoms with Crippen molar-refractivity contribution in [1.29, 1.82) is 0 Å². The molecule has 1 heterocycles. The van der Waals surface area contributed by atoms with Crippen molar-refractivity contribution in [2.75, 3.05) is 18.5 Å². The maximum Gasteiger partial charge on any atom is 0.255 e. The summed E-state index contributed by atoms with van der Waals surface area (Å²) >= 11 is 0. The molecule has 3 aromatic rings. The Morgan fingerprint density at radius 1 is 0.966 bits per heavy atom. The van der Waals surface area contributed by atoms with E-state index in [1.165, 1.54) is 0 Å². The number of anilines is 1. The SMILES string of the molecule is Cc1ccc(C(=O)NCCCOCc2ccco2)cc1NC(=O)c1ccccc1. The third-order valence-corrected chi connectivity index (χ3v) is 4.36. The van der Waals surface area contributed by atoms with Crippen molar-refractivity contribution in [1.82, 2.24) is 5.32 Å². The summed E-state index contributed by atoms with van der Waals surface area (Å²) in [6.45, 7) is 3.33. The van der Waals surface area contributed by atoms with E-state index >= 15 is 0 Å². The highest BCUT2D eigenvalue weighted by Gasteiger charge is 2.11. The van der Waals surface area contributed by atoms with Crippen LogP contribution in [-0.4, -0.2) is 25.0 Å². The molecule has 0 saturated heterocycles. The predicted molar refractivity (Wildman–Crippen MR) is 111 cm³/mol. The molecule has 0 aliphatic rings. The molecule has 6 heteroatoms. The molecule has 2 amide bonds. The van der Waals surface area contributed by atoms with Crippen LogP contribution in [0.4, 0.5) is 5.69 Å². The predicted octanol–water partition coefficient (Wildman–Crippen LogP) is 4.18. The Hall–Kier alpha value is -3.38. The molecule has 29 heavy (non-hydrogen) atoms. The molecule has 6 nitrogen and oxygen atoms in total. The first-order chi connectivity index (χ1) is 14.1. The smallest absolute Gasteiger partial charge is 0.255 e. The van der Waals surface area contributed by atoms with Gasteiger partial charge >= 0.3 is 0 Å². The van der Waals surface area contributed by atoms with Gasteiger partial charge in [-0.1, -0.05) is 24.3 Å². The van der Waals surface area contributed by atoms with Crippen LogP contribution in [0.5, 0.6) is 0 Å². The van der Waals surface area contributed by atoms with Gasteiger partial charge in [0.15, 0.2) is 0 Å². The molecule has 0 atom stereocenters. The van der Waals surface area contributed by atoms with Crippen LogP contribution in [0.15, 0.2) is 71.3 Å². The van der Waals surface area contributed by atoms with Crippen LogP contribution in [-0.2, 0) is 11.3 Å². The number of ether oxygens (including phenoxy) is 1. The molecule has 0 bridgehead atoms. The van der Waals surface area contributed by atoms with E-state index in [-0.39, 0.29) is 11.8 Å². The first kappa shape index (κ1) is 20.4. The van der Waals surface area contributed by atoms with Crippen LogP contribution in [0.3, 0.4) is 0 Å². The minimum absolute atomic E-state index is 0.189.